The monoisotopic (exact) mass is 279 g/mol. The lowest BCUT2D eigenvalue weighted by atomic mass is 10.0. The topological polar surface area (TPSA) is 65.8 Å². The zero-order valence-electron chi connectivity index (χ0n) is 12.1. The van der Waals surface area contributed by atoms with Crippen LogP contribution in [-0.2, 0) is 11.2 Å². The number of pyridine rings is 1. The number of nitrogens with zero attached hydrogens (tertiary/aromatic N) is 2. The van der Waals surface area contributed by atoms with Gasteiger partial charge in [0.05, 0.1) is 6.07 Å². The minimum absolute atomic E-state index is 0.278. The lowest BCUT2D eigenvalue weighted by Crippen LogP contribution is -2.23. The average molecular weight is 279 g/mol. The molecular formula is C17H17N3O. The van der Waals surface area contributed by atoms with E-state index in [2.05, 4.69) is 16.4 Å². The number of carbonyl (C=O) groups is 1. The van der Waals surface area contributed by atoms with Gasteiger partial charge < -0.3 is 5.32 Å². The van der Waals surface area contributed by atoms with Crippen molar-refractivity contribution >= 4 is 11.6 Å². The first kappa shape index (κ1) is 14.7. The molecule has 4 heteroatoms. The number of nitriles is 1. The first-order chi connectivity index (χ1) is 10.1. The molecule has 1 N–H and O–H groups in total. The molecule has 0 saturated carbocycles. The first-order valence-electron chi connectivity index (χ1n) is 6.76. The normalized spacial score (nSPS) is 11.5. The summed E-state index contributed by atoms with van der Waals surface area (Å²) >= 11 is 0. The fourth-order valence-corrected chi connectivity index (χ4v) is 2.23. The number of amides is 1. The minimum atomic E-state index is -0.715. The highest BCUT2D eigenvalue weighted by molar-refractivity contribution is 5.94. The number of benzene rings is 1. The average Bonchev–Trinajstić information content (AvgIpc) is 2.44. The molecular weight excluding hydrogens is 262 g/mol. The van der Waals surface area contributed by atoms with Crippen molar-refractivity contribution in [3.63, 3.8) is 0 Å². The van der Waals surface area contributed by atoms with Crippen LogP contribution in [0.4, 0.5) is 5.69 Å². The molecule has 1 atom stereocenters. The van der Waals surface area contributed by atoms with Crippen LogP contribution in [0.2, 0.25) is 0 Å². The van der Waals surface area contributed by atoms with Crippen molar-refractivity contribution in [2.24, 2.45) is 5.92 Å². The summed E-state index contributed by atoms with van der Waals surface area (Å²) in [6, 6.07) is 11.5. The third kappa shape index (κ3) is 4.15. The number of anilines is 1. The van der Waals surface area contributed by atoms with Crippen molar-refractivity contribution < 1.29 is 4.79 Å². The predicted octanol–water partition coefficient (Wildman–Crippen LogP) is 3.02. The summed E-state index contributed by atoms with van der Waals surface area (Å²) in [5, 5.41) is 12.0. The van der Waals surface area contributed by atoms with E-state index in [9.17, 15) is 10.1 Å². The lowest BCUT2D eigenvalue weighted by Gasteiger charge is -2.11. The summed E-state index contributed by atoms with van der Waals surface area (Å²) in [5.74, 6) is -0.993. The Morgan fingerprint density at radius 1 is 1.24 bits per heavy atom. The summed E-state index contributed by atoms with van der Waals surface area (Å²) in [4.78, 5) is 16.1. The van der Waals surface area contributed by atoms with Crippen LogP contribution in [0, 0.1) is 31.1 Å². The van der Waals surface area contributed by atoms with Crippen molar-refractivity contribution in [3.05, 3.63) is 59.4 Å². The predicted molar refractivity (Wildman–Crippen MR) is 81.6 cm³/mol. The summed E-state index contributed by atoms with van der Waals surface area (Å²) in [6.07, 6.45) is 3.70. The first-order valence-corrected chi connectivity index (χ1v) is 6.76. The molecule has 1 unspecified atom stereocenters. The molecule has 0 aliphatic carbocycles. The maximum atomic E-state index is 12.2. The van der Waals surface area contributed by atoms with E-state index >= 15 is 0 Å². The Morgan fingerprint density at radius 3 is 2.43 bits per heavy atom. The maximum absolute atomic E-state index is 12.2. The van der Waals surface area contributed by atoms with Crippen LogP contribution in [0.5, 0.6) is 0 Å². The van der Waals surface area contributed by atoms with E-state index in [0.717, 1.165) is 22.4 Å². The summed E-state index contributed by atoms with van der Waals surface area (Å²) in [7, 11) is 0. The molecule has 0 saturated heterocycles. The number of rotatable bonds is 4. The lowest BCUT2D eigenvalue weighted by molar-refractivity contribution is -0.118. The Hall–Kier alpha value is -2.67. The fourth-order valence-electron chi connectivity index (χ4n) is 2.23. The zero-order valence-corrected chi connectivity index (χ0v) is 12.1. The highest BCUT2D eigenvalue weighted by Gasteiger charge is 2.18. The Bertz CT molecular complexity index is 654. The second kappa shape index (κ2) is 6.67. The highest BCUT2D eigenvalue weighted by atomic mass is 16.1. The quantitative estimate of drug-likeness (QED) is 0.935. The second-order valence-corrected chi connectivity index (χ2v) is 5.11. The third-order valence-corrected chi connectivity index (χ3v) is 3.15. The summed E-state index contributed by atoms with van der Waals surface area (Å²) < 4.78 is 0. The van der Waals surface area contributed by atoms with Crippen molar-refractivity contribution in [3.8, 4) is 6.07 Å². The molecule has 0 radical (unpaired) electrons. The fraction of sp³-hybridized carbons (Fsp3) is 0.235. The highest BCUT2D eigenvalue weighted by Crippen LogP contribution is 2.16. The molecule has 0 aliphatic rings. The van der Waals surface area contributed by atoms with Gasteiger partial charge in [0.2, 0.25) is 5.91 Å². The standard InChI is InChI=1S/C17H17N3O/c1-12-7-13(2)9-16(8-12)20-17(21)15(11-18)10-14-3-5-19-6-4-14/h3-9,15H,10H2,1-2H3,(H,20,21). The molecule has 0 spiro atoms. The number of carbonyl (C=O) groups excluding carboxylic acids is 1. The molecule has 0 fully saturated rings. The molecule has 2 rings (SSSR count). The maximum Gasteiger partial charge on any atom is 0.242 e. The van der Waals surface area contributed by atoms with Crippen molar-refractivity contribution in [2.45, 2.75) is 20.3 Å². The number of hydrogen-bond donors (Lipinski definition) is 1. The van der Waals surface area contributed by atoms with Gasteiger partial charge in [0.25, 0.3) is 0 Å². The van der Waals surface area contributed by atoms with Gasteiger partial charge in [-0.1, -0.05) is 6.07 Å². The molecule has 21 heavy (non-hydrogen) atoms. The minimum Gasteiger partial charge on any atom is -0.325 e. The molecule has 1 amide bonds. The van der Waals surface area contributed by atoms with Gasteiger partial charge in [0.15, 0.2) is 0 Å². The zero-order chi connectivity index (χ0) is 15.2. The number of aromatic nitrogens is 1. The number of aryl methyl sites for hydroxylation is 2. The van der Waals surface area contributed by atoms with E-state index in [4.69, 9.17) is 0 Å². The van der Waals surface area contributed by atoms with Gasteiger partial charge in [-0.3, -0.25) is 9.78 Å². The Kier molecular flexibility index (Phi) is 4.68. The molecule has 4 nitrogen and oxygen atoms in total. The van der Waals surface area contributed by atoms with Gasteiger partial charge in [-0.2, -0.15) is 5.26 Å². The molecule has 1 aromatic heterocycles. The van der Waals surface area contributed by atoms with Gasteiger partial charge >= 0.3 is 0 Å². The van der Waals surface area contributed by atoms with Crippen LogP contribution in [0.3, 0.4) is 0 Å². The van der Waals surface area contributed by atoms with E-state index in [1.54, 1.807) is 12.4 Å². The van der Waals surface area contributed by atoms with Gasteiger partial charge in [0, 0.05) is 18.1 Å². The van der Waals surface area contributed by atoms with E-state index < -0.39 is 5.92 Å². The second-order valence-electron chi connectivity index (χ2n) is 5.11. The van der Waals surface area contributed by atoms with E-state index in [1.807, 2.05) is 44.2 Å². The Balaban J connectivity index is 2.08. The summed E-state index contributed by atoms with van der Waals surface area (Å²) in [6.45, 7) is 3.95. The molecule has 106 valence electrons. The summed E-state index contributed by atoms with van der Waals surface area (Å²) in [5.41, 5.74) is 3.81. The third-order valence-electron chi connectivity index (χ3n) is 3.15. The Morgan fingerprint density at radius 2 is 1.86 bits per heavy atom. The van der Waals surface area contributed by atoms with Crippen molar-refractivity contribution in [1.29, 1.82) is 5.26 Å². The van der Waals surface area contributed by atoms with Gasteiger partial charge in [-0.05, 0) is 61.2 Å². The van der Waals surface area contributed by atoms with Crippen LogP contribution in [0.1, 0.15) is 16.7 Å². The SMILES string of the molecule is Cc1cc(C)cc(NC(=O)C(C#N)Cc2ccncc2)c1. The van der Waals surface area contributed by atoms with Gasteiger partial charge in [0.1, 0.15) is 5.92 Å². The van der Waals surface area contributed by atoms with Crippen LogP contribution >= 0.6 is 0 Å². The molecule has 0 aliphatic heterocycles. The molecule has 1 heterocycles. The smallest absolute Gasteiger partial charge is 0.242 e. The van der Waals surface area contributed by atoms with Crippen LogP contribution in [0.25, 0.3) is 0 Å². The van der Waals surface area contributed by atoms with Crippen LogP contribution < -0.4 is 5.32 Å². The van der Waals surface area contributed by atoms with Crippen LogP contribution in [0.15, 0.2) is 42.7 Å². The van der Waals surface area contributed by atoms with E-state index in [1.165, 1.54) is 0 Å². The number of nitrogens with one attached hydrogen (secondary N) is 1. The largest absolute Gasteiger partial charge is 0.325 e. The van der Waals surface area contributed by atoms with Crippen molar-refractivity contribution in [2.75, 3.05) is 5.32 Å². The molecule has 2 aromatic rings. The molecule has 1 aromatic carbocycles. The number of hydrogen-bond acceptors (Lipinski definition) is 3. The van der Waals surface area contributed by atoms with E-state index in [0.29, 0.717) is 6.42 Å². The van der Waals surface area contributed by atoms with Gasteiger partial charge in [-0.25, -0.2) is 0 Å². The Labute approximate surface area is 124 Å². The molecule has 0 bridgehead atoms. The van der Waals surface area contributed by atoms with Gasteiger partial charge in [-0.15, -0.1) is 0 Å². The van der Waals surface area contributed by atoms with Crippen LogP contribution in [-0.4, -0.2) is 10.9 Å². The van der Waals surface area contributed by atoms with Crippen molar-refractivity contribution in [1.82, 2.24) is 4.98 Å². The van der Waals surface area contributed by atoms with E-state index in [-0.39, 0.29) is 5.91 Å².